The van der Waals surface area contributed by atoms with Gasteiger partial charge in [0.1, 0.15) is 6.04 Å². The quantitative estimate of drug-likeness (QED) is 0.287. The van der Waals surface area contributed by atoms with Crippen LogP contribution in [0.4, 0.5) is 26.3 Å². The van der Waals surface area contributed by atoms with E-state index >= 15 is 0 Å². The Morgan fingerprint density at radius 2 is 1.61 bits per heavy atom. The Balaban J connectivity index is 0.00000405. The smallest absolute Gasteiger partial charge is 0.350 e. The van der Waals surface area contributed by atoms with Gasteiger partial charge in [0.2, 0.25) is 5.91 Å². The number of imidazole rings is 1. The summed E-state index contributed by atoms with van der Waals surface area (Å²) in [6.07, 6.45) is -7.34. The minimum absolute atomic E-state index is 0. The largest absolute Gasteiger partial charge is 0.416 e. The highest BCUT2D eigenvalue weighted by Crippen LogP contribution is 2.36. The van der Waals surface area contributed by atoms with E-state index in [1.807, 2.05) is 4.90 Å². The summed E-state index contributed by atoms with van der Waals surface area (Å²) in [5, 5.41) is 2.54. The minimum Gasteiger partial charge on any atom is -0.350 e. The molecule has 41 heavy (non-hydrogen) atoms. The molecule has 5 rings (SSSR count). The maximum absolute atomic E-state index is 13.5. The summed E-state index contributed by atoms with van der Waals surface area (Å²) in [6, 6.07) is 12.4. The molecule has 0 radical (unpaired) electrons. The number of alkyl halides is 6. The third-order valence-electron chi connectivity index (χ3n) is 7.18. The van der Waals surface area contributed by atoms with Gasteiger partial charge < -0.3 is 10.3 Å². The van der Waals surface area contributed by atoms with Gasteiger partial charge in [-0.3, -0.25) is 14.3 Å². The molecule has 3 heterocycles. The molecule has 0 bridgehead atoms. The van der Waals surface area contributed by atoms with Crippen molar-refractivity contribution in [3.05, 3.63) is 99.6 Å². The highest BCUT2D eigenvalue weighted by molar-refractivity contribution is 5.83. The summed E-state index contributed by atoms with van der Waals surface area (Å²) >= 11 is 0. The summed E-state index contributed by atoms with van der Waals surface area (Å²) in [5.74, 6) is -0.563. The number of H-pyrrole nitrogens is 1. The lowest BCUT2D eigenvalue weighted by atomic mass is 9.98. The molecule has 1 amide bonds. The minimum atomic E-state index is -4.99. The fraction of sp³-hybridized carbons (Fsp3) is 0.321. The number of carbonyl (C=O) groups excluding carboxylic acids is 1. The van der Waals surface area contributed by atoms with Crippen LogP contribution in [0.3, 0.4) is 0 Å². The van der Waals surface area contributed by atoms with Crippen LogP contribution in [0, 0.1) is 0 Å². The molecule has 13 heteroatoms. The Hall–Kier alpha value is -4.13. The van der Waals surface area contributed by atoms with Crippen LogP contribution in [0.5, 0.6) is 0 Å². The van der Waals surface area contributed by atoms with Gasteiger partial charge in [-0.1, -0.05) is 30.3 Å². The summed E-state index contributed by atoms with van der Waals surface area (Å²) in [6.45, 7) is 0.290. The van der Waals surface area contributed by atoms with Crippen LogP contribution < -0.4 is 11.0 Å². The Morgan fingerprint density at radius 3 is 2.22 bits per heavy atom. The molecule has 0 aliphatic carbocycles. The van der Waals surface area contributed by atoms with Crippen LogP contribution in [-0.4, -0.2) is 38.4 Å². The van der Waals surface area contributed by atoms with Crippen molar-refractivity contribution in [1.82, 2.24) is 24.8 Å². The van der Waals surface area contributed by atoms with Gasteiger partial charge in [0.25, 0.3) is 0 Å². The third kappa shape index (κ3) is 6.14. The zero-order valence-corrected chi connectivity index (χ0v) is 21.5. The van der Waals surface area contributed by atoms with Crippen LogP contribution in [0.1, 0.15) is 48.6 Å². The lowest BCUT2D eigenvalue weighted by Gasteiger charge is -2.37. The van der Waals surface area contributed by atoms with Crippen LogP contribution in [0.25, 0.3) is 11.2 Å². The van der Waals surface area contributed by atoms with Gasteiger partial charge in [0.05, 0.1) is 16.6 Å². The van der Waals surface area contributed by atoms with Gasteiger partial charge in [-0.2, -0.15) is 26.3 Å². The summed E-state index contributed by atoms with van der Waals surface area (Å²) in [7, 11) is 0. The highest BCUT2D eigenvalue weighted by atomic mass is 19.4. The van der Waals surface area contributed by atoms with E-state index in [1.165, 1.54) is 0 Å². The standard InChI is InChI=1S/C28H25F6N5O2.H2/c29-27(30,31)19-13-17(14-20(15-19)28(32,33)34)16-36-25(40)23(18-5-2-1-3-6-18)38-11-8-21(9-12-38)39-24-22(37-26(39)41)7-4-10-35-24;/h1-7,10,13-15,21,23H,8-9,11-12,16H2,(H,36,40)(H,37,41);1H. The maximum atomic E-state index is 13.5. The van der Waals surface area contributed by atoms with E-state index in [9.17, 15) is 35.9 Å². The zero-order chi connectivity index (χ0) is 29.4. The van der Waals surface area contributed by atoms with Crippen molar-refractivity contribution in [3.63, 3.8) is 0 Å². The average Bonchev–Trinajstić information content (AvgIpc) is 3.27. The number of halogens is 6. The number of aromatic nitrogens is 3. The van der Waals surface area contributed by atoms with Crippen LogP contribution >= 0.6 is 0 Å². The van der Waals surface area contributed by atoms with E-state index in [0.717, 1.165) is 0 Å². The number of hydrogen-bond donors (Lipinski definition) is 2. The Bertz CT molecular complexity index is 1560. The summed E-state index contributed by atoms with van der Waals surface area (Å²) < 4.78 is 81.3. The topological polar surface area (TPSA) is 83.0 Å². The molecule has 218 valence electrons. The predicted octanol–water partition coefficient (Wildman–Crippen LogP) is 5.70. The molecule has 1 atom stereocenters. The number of carbonyl (C=O) groups is 1. The molecule has 4 aromatic rings. The average molecular weight is 580 g/mol. The molecular formula is C28H27F6N5O2. The van der Waals surface area contributed by atoms with E-state index in [1.54, 1.807) is 53.2 Å². The normalized spacial score (nSPS) is 16.1. The summed E-state index contributed by atoms with van der Waals surface area (Å²) in [4.78, 5) is 35.1. The number of fused-ring (bicyclic) bond motifs is 1. The number of pyridine rings is 1. The Kier molecular flexibility index (Phi) is 7.64. The number of nitrogens with zero attached hydrogens (tertiary/aromatic N) is 3. The zero-order valence-electron chi connectivity index (χ0n) is 21.5. The first-order chi connectivity index (χ1) is 19.4. The van der Waals surface area contributed by atoms with E-state index in [-0.39, 0.29) is 24.8 Å². The molecule has 1 aliphatic rings. The highest BCUT2D eigenvalue weighted by Gasteiger charge is 2.37. The lowest BCUT2D eigenvalue weighted by molar-refractivity contribution is -0.143. The second-order valence-electron chi connectivity index (χ2n) is 9.89. The first-order valence-electron chi connectivity index (χ1n) is 12.8. The number of hydrogen-bond acceptors (Lipinski definition) is 4. The molecule has 0 saturated carbocycles. The lowest BCUT2D eigenvalue weighted by Crippen LogP contribution is -2.45. The van der Waals surface area contributed by atoms with Crippen molar-refractivity contribution < 1.29 is 32.6 Å². The number of likely N-dealkylation sites (tertiary alicyclic amines) is 1. The monoisotopic (exact) mass is 579 g/mol. The van der Waals surface area contributed by atoms with Gasteiger partial charge in [-0.25, -0.2) is 9.78 Å². The number of piperidine rings is 1. The SMILES string of the molecule is O=C(NCc1cc(C(F)(F)F)cc(C(F)(F)F)c1)C(c1ccccc1)N1CCC(n2c(=O)[nH]c3cccnc32)CC1.[HH]. The van der Waals surface area contributed by atoms with Gasteiger partial charge in [0.15, 0.2) is 5.65 Å². The molecule has 7 nitrogen and oxygen atoms in total. The van der Waals surface area contributed by atoms with Crippen molar-refractivity contribution in [3.8, 4) is 0 Å². The first-order valence-corrected chi connectivity index (χ1v) is 12.8. The number of aromatic amines is 1. The number of amides is 1. The second kappa shape index (κ2) is 11.0. The number of benzene rings is 2. The molecule has 1 fully saturated rings. The third-order valence-corrected chi connectivity index (χ3v) is 7.18. The molecule has 1 aliphatic heterocycles. The molecule has 2 aromatic heterocycles. The second-order valence-corrected chi connectivity index (χ2v) is 9.89. The van der Waals surface area contributed by atoms with Crippen molar-refractivity contribution in [2.75, 3.05) is 13.1 Å². The maximum Gasteiger partial charge on any atom is 0.416 e. The van der Waals surface area contributed by atoms with Crippen molar-refractivity contribution in [1.29, 1.82) is 0 Å². The molecule has 2 N–H and O–H groups in total. The van der Waals surface area contributed by atoms with E-state index in [2.05, 4.69) is 15.3 Å². The van der Waals surface area contributed by atoms with Crippen LogP contribution in [-0.2, 0) is 23.7 Å². The van der Waals surface area contributed by atoms with Gasteiger partial charge in [-0.15, -0.1) is 0 Å². The fourth-order valence-corrected chi connectivity index (χ4v) is 5.27. The Morgan fingerprint density at radius 1 is 0.976 bits per heavy atom. The van der Waals surface area contributed by atoms with Crippen molar-refractivity contribution in [2.45, 2.75) is 43.8 Å². The first kappa shape index (κ1) is 28.4. The van der Waals surface area contributed by atoms with E-state index in [4.69, 9.17) is 0 Å². The summed E-state index contributed by atoms with van der Waals surface area (Å²) in [5.41, 5.74) is -1.72. The van der Waals surface area contributed by atoms with Gasteiger partial charge in [-0.05, 0) is 54.3 Å². The van der Waals surface area contributed by atoms with Crippen molar-refractivity contribution >= 4 is 17.1 Å². The molecular weight excluding hydrogens is 552 g/mol. The van der Waals surface area contributed by atoms with E-state index < -0.39 is 42.0 Å². The molecule has 2 aromatic carbocycles. The van der Waals surface area contributed by atoms with Gasteiger partial charge >= 0.3 is 18.0 Å². The molecule has 1 saturated heterocycles. The number of rotatable bonds is 6. The molecule has 0 spiro atoms. The molecule has 1 unspecified atom stereocenters. The number of nitrogens with one attached hydrogen (secondary N) is 2. The van der Waals surface area contributed by atoms with Crippen molar-refractivity contribution in [2.24, 2.45) is 0 Å². The van der Waals surface area contributed by atoms with Crippen LogP contribution in [0.15, 0.2) is 71.7 Å². The van der Waals surface area contributed by atoms with Crippen LogP contribution in [0.2, 0.25) is 0 Å². The van der Waals surface area contributed by atoms with E-state index in [0.29, 0.717) is 54.8 Å². The predicted molar refractivity (Wildman–Crippen MR) is 140 cm³/mol. The fourth-order valence-electron chi connectivity index (χ4n) is 5.27. The Labute approximate surface area is 231 Å². The van der Waals surface area contributed by atoms with Gasteiger partial charge in [0, 0.05) is 33.3 Å².